The topological polar surface area (TPSA) is 61.8 Å². The zero-order chi connectivity index (χ0) is 20.1. The first-order valence-corrected chi connectivity index (χ1v) is 8.76. The van der Waals surface area contributed by atoms with Crippen molar-refractivity contribution >= 4 is 17.5 Å². The van der Waals surface area contributed by atoms with Crippen LogP contribution < -0.4 is 5.32 Å². The predicted octanol–water partition coefficient (Wildman–Crippen LogP) is 2.94. The minimum absolute atomic E-state index is 0.137. The van der Waals surface area contributed by atoms with Crippen molar-refractivity contribution in [2.45, 2.75) is 25.8 Å². The molecule has 0 radical (unpaired) electrons. The second-order valence-corrected chi connectivity index (χ2v) is 6.41. The van der Waals surface area contributed by atoms with Crippen molar-refractivity contribution < 1.29 is 22.8 Å². The number of halogens is 3. The molecule has 0 bridgehead atoms. The predicted molar refractivity (Wildman–Crippen MR) is 96.7 cm³/mol. The Bertz CT molecular complexity index is 893. The van der Waals surface area contributed by atoms with Crippen LogP contribution >= 0.6 is 0 Å². The van der Waals surface area contributed by atoms with E-state index in [2.05, 4.69) is 10.4 Å². The maximum atomic E-state index is 13.2. The van der Waals surface area contributed by atoms with E-state index in [9.17, 15) is 22.8 Å². The lowest BCUT2D eigenvalue weighted by Gasteiger charge is -2.23. The van der Waals surface area contributed by atoms with Gasteiger partial charge in [0.1, 0.15) is 23.2 Å². The summed E-state index contributed by atoms with van der Waals surface area (Å²) in [6.45, 7) is 0.311. The highest BCUT2D eigenvalue weighted by Crippen LogP contribution is 2.14. The molecule has 28 heavy (non-hydrogen) atoms. The zero-order valence-electron chi connectivity index (χ0n) is 14.9. The van der Waals surface area contributed by atoms with Gasteiger partial charge in [-0.1, -0.05) is 12.1 Å². The van der Waals surface area contributed by atoms with Gasteiger partial charge in [-0.2, -0.15) is 5.10 Å². The number of amides is 2. The minimum Gasteiger partial charge on any atom is -0.351 e. The molecule has 0 atom stereocenters. The Balaban J connectivity index is 1.58. The first-order chi connectivity index (χ1) is 13.4. The van der Waals surface area contributed by atoms with Crippen molar-refractivity contribution in [3.63, 3.8) is 0 Å². The summed E-state index contributed by atoms with van der Waals surface area (Å²) >= 11 is 0. The number of nitrogens with zero attached hydrogens (tertiary/aromatic N) is 2. The second-order valence-electron chi connectivity index (χ2n) is 6.41. The third-order valence-corrected chi connectivity index (χ3v) is 4.23. The first kappa shape index (κ1) is 19.6. The van der Waals surface area contributed by atoms with Crippen LogP contribution in [0.5, 0.6) is 0 Å². The van der Waals surface area contributed by atoms with Gasteiger partial charge in [-0.25, -0.2) is 18.2 Å². The highest BCUT2D eigenvalue weighted by Gasteiger charge is 2.24. The van der Waals surface area contributed by atoms with Crippen LogP contribution in [0.4, 0.5) is 13.2 Å². The Kier molecular flexibility index (Phi) is 6.08. The van der Waals surface area contributed by atoms with E-state index in [0.717, 1.165) is 6.07 Å². The number of carbonyl (C=O) groups excluding carboxylic acids is 2. The molecule has 2 amide bonds. The molecule has 0 spiro atoms. The van der Waals surface area contributed by atoms with Gasteiger partial charge in [0.25, 0.3) is 5.91 Å². The summed E-state index contributed by atoms with van der Waals surface area (Å²) in [6, 6.07) is 8.86. The summed E-state index contributed by atoms with van der Waals surface area (Å²) in [7, 11) is 0. The van der Waals surface area contributed by atoms with Gasteiger partial charge in [-0.05, 0) is 41.8 Å². The van der Waals surface area contributed by atoms with Crippen LogP contribution in [-0.4, -0.2) is 29.1 Å². The standard InChI is InChI=1S/C20H18F3N3O2/c21-15-3-1-13(2-4-15)12-26-19(27)6-5-18(25-26)20(28)24-8-7-14-9-16(22)11-17(23)10-14/h1-4,9-11H,5-8,12H2,(H,24,28). The SMILES string of the molecule is O=C(NCCc1cc(F)cc(F)c1)C1=NN(Cc2ccc(F)cc2)C(=O)CC1. The molecule has 0 aromatic heterocycles. The smallest absolute Gasteiger partial charge is 0.267 e. The van der Waals surface area contributed by atoms with Crippen molar-refractivity contribution in [3.8, 4) is 0 Å². The molecule has 5 nitrogen and oxygen atoms in total. The lowest BCUT2D eigenvalue weighted by molar-refractivity contribution is -0.132. The normalized spacial score (nSPS) is 14.0. The summed E-state index contributed by atoms with van der Waals surface area (Å²) in [5.74, 6) is -2.39. The van der Waals surface area contributed by atoms with Gasteiger partial charge in [0.15, 0.2) is 0 Å². The molecule has 2 aromatic rings. The van der Waals surface area contributed by atoms with Crippen molar-refractivity contribution in [1.82, 2.24) is 10.3 Å². The molecule has 1 aliphatic rings. The van der Waals surface area contributed by atoms with Crippen molar-refractivity contribution in [2.75, 3.05) is 6.54 Å². The molecule has 0 unspecified atom stereocenters. The maximum Gasteiger partial charge on any atom is 0.267 e. The fourth-order valence-electron chi connectivity index (χ4n) is 2.83. The number of nitrogens with one attached hydrogen (secondary N) is 1. The van der Waals surface area contributed by atoms with Gasteiger partial charge in [0.05, 0.1) is 6.54 Å². The number of rotatable bonds is 6. The van der Waals surface area contributed by atoms with Crippen LogP contribution in [-0.2, 0) is 22.6 Å². The van der Waals surface area contributed by atoms with Gasteiger partial charge in [0.2, 0.25) is 5.91 Å². The Hall–Kier alpha value is -3.16. The fourth-order valence-corrected chi connectivity index (χ4v) is 2.83. The Morgan fingerprint density at radius 2 is 1.64 bits per heavy atom. The Labute approximate surface area is 159 Å². The lowest BCUT2D eigenvalue weighted by Crippen LogP contribution is -2.39. The minimum atomic E-state index is -0.673. The molecule has 3 rings (SSSR count). The van der Waals surface area contributed by atoms with Crippen LogP contribution in [0.25, 0.3) is 0 Å². The lowest BCUT2D eigenvalue weighted by atomic mass is 10.1. The largest absolute Gasteiger partial charge is 0.351 e. The van der Waals surface area contributed by atoms with Crippen LogP contribution in [0.3, 0.4) is 0 Å². The summed E-state index contributed by atoms with van der Waals surface area (Å²) < 4.78 is 39.4. The number of hydrogen-bond acceptors (Lipinski definition) is 3. The average molecular weight is 389 g/mol. The van der Waals surface area contributed by atoms with E-state index >= 15 is 0 Å². The van der Waals surface area contributed by atoms with E-state index in [-0.39, 0.29) is 49.8 Å². The third kappa shape index (κ3) is 5.18. The highest BCUT2D eigenvalue weighted by atomic mass is 19.1. The molecule has 1 aliphatic heterocycles. The molecular weight excluding hydrogens is 371 g/mol. The second kappa shape index (κ2) is 8.69. The quantitative estimate of drug-likeness (QED) is 0.826. The van der Waals surface area contributed by atoms with E-state index in [4.69, 9.17) is 0 Å². The van der Waals surface area contributed by atoms with Gasteiger partial charge >= 0.3 is 0 Å². The number of hydrogen-bond donors (Lipinski definition) is 1. The van der Waals surface area contributed by atoms with Crippen molar-refractivity contribution in [3.05, 3.63) is 71.0 Å². The van der Waals surface area contributed by atoms with Crippen molar-refractivity contribution in [2.24, 2.45) is 5.10 Å². The molecule has 0 fully saturated rings. The van der Waals surface area contributed by atoms with Gasteiger partial charge < -0.3 is 5.32 Å². The maximum absolute atomic E-state index is 13.2. The Morgan fingerprint density at radius 1 is 0.964 bits per heavy atom. The molecule has 146 valence electrons. The monoisotopic (exact) mass is 389 g/mol. The van der Waals surface area contributed by atoms with Gasteiger partial charge in [-0.3, -0.25) is 9.59 Å². The molecule has 2 aromatic carbocycles. The summed E-state index contributed by atoms with van der Waals surface area (Å²) in [5.41, 5.74) is 1.32. The number of hydrazone groups is 1. The van der Waals surface area contributed by atoms with E-state index in [1.165, 1.54) is 29.3 Å². The van der Waals surface area contributed by atoms with E-state index < -0.39 is 17.5 Å². The van der Waals surface area contributed by atoms with Crippen LogP contribution in [0.2, 0.25) is 0 Å². The first-order valence-electron chi connectivity index (χ1n) is 8.76. The molecular formula is C20H18F3N3O2. The number of benzene rings is 2. The fraction of sp³-hybridized carbons (Fsp3) is 0.250. The van der Waals surface area contributed by atoms with Gasteiger partial charge in [-0.15, -0.1) is 0 Å². The van der Waals surface area contributed by atoms with E-state index in [0.29, 0.717) is 11.1 Å². The molecule has 0 saturated carbocycles. The zero-order valence-corrected chi connectivity index (χ0v) is 14.9. The molecule has 1 N–H and O–H groups in total. The molecule has 8 heteroatoms. The van der Waals surface area contributed by atoms with Crippen LogP contribution in [0.15, 0.2) is 47.6 Å². The molecule has 0 saturated heterocycles. The average Bonchev–Trinajstić information content (AvgIpc) is 2.64. The third-order valence-electron chi connectivity index (χ3n) is 4.23. The van der Waals surface area contributed by atoms with Crippen LogP contribution in [0, 0.1) is 17.5 Å². The van der Waals surface area contributed by atoms with Crippen LogP contribution in [0.1, 0.15) is 24.0 Å². The molecule has 0 aliphatic carbocycles. The Morgan fingerprint density at radius 3 is 2.32 bits per heavy atom. The van der Waals surface area contributed by atoms with Gasteiger partial charge in [0, 0.05) is 25.5 Å². The summed E-state index contributed by atoms with van der Waals surface area (Å²) in [4.78, 5) is 24.3. The number of carbonyl (C=O) groups is 2. The summed E-state index contributed by atoms with van der Waals surface area (Å²) in [6.07, 6.45) is 0.605. The van der Waals surface area contributed by atoms with E-state index in [1.54, 1.807) is 12.1 Å². The molecule has 1 heterocycles. The van der Waals surface area contributed by atoms with E-state index in [1.807, 2.05) is 0 Å². The summed E-state index contributed by atoms with van der Waals surface area (Å²) in [5, 5.41) is 7.94. The van der Waals surface area contributed by atoms with Crippen molar-refractivity contribution in [1.29, 1.82) is 0 Å². The highest BCUT2D eigenvalue weighted by molar-refractivity contribution is 6.39.